The van der Waals surface area contributed by atoms with E-state index in [2.05, 4.69) is 10.2 Å². The van der Waals surface area contributed by atoms with E-state index < -0.39 is 10.0 Å². The predicted molar refractivity (Wildman–Crippen MR) is 78.1 cm³/mol. The third-order valence-electron chi connectivity index (χ3n) is 4.17. The number of sulfonamides is 1. The molecule has 112 valence electrons. The second-order valence-electron chi connectivity index (χ2n) is 5.39. The van der Waals surface area contributed by atoms with Gasteiger partial charge in [0.1, 0.15) is 0 Å². The van der Waals surface area contributed by atoms with Crippen LogP contribution in [0.3, 0.4) is 0 Å². The summed E-state index contributed by atoms with van der Waals surface area (Å²) < 4.78 is 26.7. The van der Waals surface area contributed by atoms with Gasteiger partial charge in [0.25, 0.3) is 0 Å². The lowest BCUT2D eigenvalue weighted by atomic mass is 10.1. The predicted octanol–water partition coefficient (Wildman–Crippen LogP) is -0.164. The lowest BCUT2D eigenvalue weighted by Gasteiger charge is -2.42. The Morgan fingerprint density at radius 3 is 2.19 bits per heavy atom. The highest BCUT2D eigenvalue weighted by Crippen LogP contribution is 2.19. The molecular weight excluding hydrogens is 288 g/mol. The molecule has 2 fully saturated rings. The molecular formula is C14H18N4O2S. The SMILES string of the molecule is N#Cc1ccc(S(=O)(=O)N2CCN(C3CNC3)CC2)cc1. The third kappa shape index (κ3) is 2.80. The standard InChI is InChI=1S/C14H18N4O2S/c15-9-12-1-3-14(4-2-12)21(19,20)18-7-5-17(6-8-18)13-10-16-11-13/h1-4,13,16H,5-8,10-11H2. The Kier molecular flexibility index (Phi) is 3.95. The van der Waals surface area contributed by atoms with Gasteiger partial charge in [-0.25, -0.2) is 8.42 Å². The van der Waals surface area contributed by atoms with Crippen LogP contribution >= 0.6 is 0 Å². The maximum Gasteiger partial charge on any atom is 0.243 e. The molecule has 0 radical (unpaired) electrons. The Bertz CT molecular complexity index is 639. The van der Waals surface area contributed by atoms with E-state index in [0.29, 0.717) is 24.7 Å². The summed E-state index contributed by atoms with van der Waals surface area (Å²) in [5, 5.41) is 12.0. The summed E-state index contributed by atoms with van der Waals surface area (Å²) in [5.41, 5.74) is 0.469. The van der Waals surface area contributed by atoms with E-state index in [1.807, 2.05) is 6.07 Å². The molecule has 0 bridgehead atoms. The molecule has 1 aromatic carbocycles. The molecule has 21 heavy (non-hydrogen) atoms. The number of nitriles is 1. The second kappa shape index (κ2) is 5.73. The van der Waals surface area contributed by atoms with Crippen LogP contribution in [-0.4, -0.2) is 62.9 Å². The molecule has 2 heterocycles. The average molecular weight is 306 g/mol. The Morgan fingerprint density at radius 1 is 1.10 bits per heavy atom. The largest absolute Gasteiger partial charge is 0.314 e. The van der Waals surface area contributed by atoms with Crippen LogP contribution in [0.1, 0.15) is 5.56 Å². The first-order valence-electron chi connectivity index (χ1n) is 7.06. The van der Waals surface area contributed by atoms with Crippen molar-refractivity contribution in [2.75, 3.05) is 39.3 Å². The normalized spacial score (nSPS) is 21.7. The van der Waals surface area contributed by atoms with Gasteiger partial charge in [0.05, 0.1) is 16.5 Å². The molecule has 3 rings (SSSR count). The minimum absolute atomic E-state index is 0.264. The van der Waals surface area contributed by atoms with Gasteiger partial charge in [0.2, 0.25) is 10.0 Å². The zero-order valence-corrected chi connectivity index (χ0v) is 12.5. The van der Waals surface area contributed by atoms with Crippen LogP contribution in [0.2, 0.25) is 0 Å². The number of rotatable bonds is 3. The fraction of sp³-hybridized carbons (Fsp3) is 0.500. The van der Waals surface area contributed by atoms with Gasteiger partial charge >= 0.3 is 0 Å². The summed E-state index contributed by atoms with van der Waals surface area (Å²) in [6.07, 6.45) is 0. The van der Waals surface area contributed by atoms with E-state index >= 15 is 0 Å². The molecule has 0 spiro atoms. The van der Waals surface area contributed by atoms with E-state index in [-0.39, 0.29) is 4.90 Å². The van der Waals surface area contributed by atoms with Crippen LogP contribution in [-0.2, 0) is 10.0 Å². The van der Waals surface area contributed by atoms with Crippen molar-refractivity contribution in [2.24, 2.45) is 0 Å². The van der Waals surface area contributed by atoms with E-state index in [9.17, 15) is 8.42 Å². The number of nitrogens with zero attached hydrogens (tertiary/aromatic N) is 3. The molecule has 0 aromatic heterocycles. The fourth-order valence-electron chi connectivity index (χ4n) is 2.69. The van der Waals surface area contributed by atoms with Crippen LogP contribution < -0.4 is 5.32 Å². The first kappa shape index (κ1) is 14.5. The summed E-state index contributed by atoms with van der Waals surface area (Å²) >= 11 is 0. The molecule has 0 amide bonds. The van der Waals surface area contributed by atoms with Crippen molar-refractivity contribution in [3.8, 4) is 6.07 Å². The molecule has 7 heteroatoms. The maximum absolute atomic E-state index is 12.6. The minimum Gasteiger partial charge on any atom is -0.314 e. The van der Waals surface area contributed by atoms with E-state index in [4.69, 9.17) is 5.26 Å². The first-order chi connectivity index (χ1) is 10.1. The summed E-state index contributed by atoms with van der Waals surface area (Å²) in [7, 11) is -3.44. The molecule has 2 saturated heterocycles. The Hall–Kier alpha value is -1.46. The van der Waals surface area contributed by atoms with Gasteiger partial charge in [0.15, 0.2) is 0 Å². The van der Waals surface area contributed by atoms with Gasteiger partial charge in [-0.15, -0.1) is 0 Å². The van der Waals surface area contributed by atoms with Crippen molar-refractivity contribution in [3.63, 3.8) is 0 Å². The topological polar surface area (TPSA) is 76.4 Å². The lowest BCUT2D eigenvalue weighted by Crippen LogP contribution is -2.62. The highest BCUT2D eigenvalue weighted by molar-refractivity contribution is 7.89. The minimum atomic E-state index is -3.44. The molecule has 2 aliphatic heterocycles. The second-order valence-corrected chi connectivity index (χ2v) is 7.33. The zero-order valence-electron chi connectivity index (χ0n) is 11.7. The quantitative estimate of drug-likeness (QED) is 0.839. The molecule has 2 aliphatic rings. The summed E-state index contributed by atoms with van der Waals surface area (Å²) in [6, 6.07) is 8.66. The monoisotopic (exact) mass is 306 g/mol. The molecule has 0 unspecified atom stereocenters. The molecule has 1 N–H and O–H groups in total. The number of nitrogens with one attached hydrogen (secondary N) is 1. The van der Waals surface area contributed by atoms with Crippen molar-refractivity contribution < 1.29 is 8.42 Å². The smallest absolute Gasteiger partial charge is 0.243 e. The van der Waals surface area contributed by atoms with Crippen LogP contribution in [0.15, 0.2) is 29.2 Å². The Labute approximate surface area is 125 Å². The van der Waals surface area contributed by atoms with Crippen LogP contribution in [0.5, 0.6) is 0 Å². The van der Waals surface area contributed by atoms with Gasteiger partial charge in [-0.3, -0.25) is 4.90 Å². The van der Waals surface area contributed by atoms with Crippen LogP contribution in [0.25, 0.3) is 0 Å². The van der Waals surface area contributed by atoms with Gasteiger partial charge in [0, 0.05) is 45.3 Å². The van der Waals surface area contributed by atoms with Crippen molar-refractivity contribution in [1.82, 2.24) is 14.5 Å². The van der Waals surface area contributed by atoms with Gasteiger partial charge in [-0.05, 0) is 24.3 Å². The lowest BCUT2D eigenvalue weighted by molar-refractivity contribution is 0.103. The first-order valence-corrected chi connectivity index (χ1v) is 8.50. The number of hydrogen-bond acceptors (Lipinski definition) is 5. The molecule has 0 aliphatic carbocycles. The molecule has 0 atom stereocenters. The van der Waals surface area contributed by atoms with Crippen molar-refractivity contribution in [1.29, 1.82) is 5.26 Å². The average Bonchev–Trinajstić information content (AvgIpc) is 2.46. The molecule has 0 saturated carbocycles. The molecule has 6 nitrogen and oxygen atoms in total. The highest BCUT2D eigenvalue weighted by Gasteiger charge is 2.32. The van der Waals surface area contributed by atoms with Crippen molar-refractivity contribution in [2.45, 2.75) is 10.9 Å². The number of piperazine rings is 1. The van der Waals surface area contributed by atoms with Gasteiger partial charge < -0.3 is 5.32 Å². The Morgan fingerprint density at radius 2 is 1.71 bits per heavy atom. The van der Waals surface area contributed by atoms with Gasteiger partial charge in [-0.2, -0.15) is 9.57 Å². The van der Waals surface area contributed by atoms with E-state index in [0.717, 1.165) is 26.2 Å². The number of benzene rings is 1. The summed E-state index contributed by atoms with van der Waals surface area (Å²) in [4.78, 5) is 2.61. The summed E-state index contributed by atoms with van der Waals surface area (Å²) in [5.74, 6) is 0. The van der Waals surface area contributed by atoms with E-state index in [1.165, 1.54) is 16.4 Å². The van der Waals surface area contributed by atoms with Gasteiger partial charge in [-0.1, -0.05) is 0 Å². The highest BCUT2D eigenvalue weighted by atomic mass is 32.2. The number of hydrogen-bond donors (Lipinski definition) is 1. The molecule has 1 aromatic rings. The third-order valence-corrected chi connectivity index (χ3v) is 6.08. The fourth-order valence-corrected chi connectivity index (χ4v) is 4.11. The maximum atomic E-state index is 12.6. The van der Waals surface area contributed by atoms with Crippen LogP contribution in [0, 0.1) is 11.3 Å². The van der Waals surface area contributed by atoms with Crippen molar-refractivity contribution >= 4 is 10.0 Å². The summed E-state index contributed by atoms with van der Waals surface area (Å²) in [6.45, 7) is 4.62. The zero-order chi connectivity index (χ0) is 14.9. The van der Waals surface area contributed by atoms with Crippen LogP contribution in [0.4, 0.5) is 0 Å². The van der Waals surface area contributed by atoms with Crippen molar-refractivity contribution in [3.05, 3.63) is 29.8 Å². The Balaban J connectivity index is 1.69. The van der Waals surface area contributed by atoms with E-state index in [1.54, 1.807) is 12.1 Å².